The summed E-state index contributed by atoms with van der Waals surface area (Å²) in [6.45, 7) is 0. The molecule has 1 unspecified atom stereocenters. The van der Waals surface area contributed by atoms with Crippen LogP contribution in [0.4, 0.5) is 0 Å². The van der Waals surface area contributed by atoms with Crippen LogP contribution >= 0.6 is 0 Å². The predicted molar refractivity (Wildman–Crippen MR) is 50.9 cm³/mol. The summed E-state index contributed by atoms with van der Waals surface area (Å²) in [5.41, 5.74) is 3.65. The number of rotatable bonds is 2. The summed E-state index contributed by atoms with van der Waals surface area (Å²) < 4.78 is 0. The van der Waals surface area contributed by atoms with Crippen molar-refractivity contribution in [2.45, 2.75) is 12.5 Å². The number of carbonyl (C=O) groups is 1. The number of likely N-dealkylation sites (N-methyl/N-ethyl adjacent to an activating group) is 1. The van der Waals surface area contributed by atoms with E-state index >= 15 is 0 Å². The maximum atomic E-state index is 11.3. The molecule has 0 aromatic heterocycles. The van der Waals surface area contributed by atoms with Crippen LogP contribution in [0.1, 0.15) is 5.56 Å². The van der Waals surface area contributed by atoms with Gasteiger partial charge in [0.25, 0.3) is 0 Å². The minimum Gasteiger partial charge on any atom is -0.354 e. The molecule has 2 rings (SSSR count). The number of hydrazine groups is 1. The summed E-state index contributed by atoms with van der Waals surface area (Å²) in [5, 5.41) is 1.68. The van der Waals surface area contributed by atoms with Crippen LogP contribution in [0.3, 0.4) is 0 Å². The molecule has 1 aromatic rings. The molecule has 0 saturated carbocycles. The highest BCUT2D eigenvalue weighted by Gasteiger charge is 2.31. The molecule has 0 aliphatic carbocycles. The second-order valence-electron chi connectivity index (χ2n) is 3.33. The van der Waals surface area contributed by atoms with Crippen LogP contribution in [-0.4, -0.2) is 24.1 Å². The highest BCUT2D eigenvalue weighted by Crippen LogP contribution is 2.11. The van der Waals surface area contributed by atoms with Crippen molar-refractivity contribution in [1.82, 2.24) is 10.6 Å². The number of hydrogen-bond acceptors (Lipinski definition) is 4. The van der Waals surface area contributed by atoms with Gasteiger partial charge in [-0.05, 0) is 5.56 Å². The Morgan fingerprint density at radius 2 is 2.14 bits per heavy atom. The number of benzene rings is 1. The standard InChI is InChI=1S/C10H12N2O2/c1-12-9(10(13)14-11-12)7-8-5-3-2-4-6-8/h2-6,9,11H,7H2,1H3. The van der Waals surface area contributed by atoms with E-state index in [0.29, 0.717) is 6.42 Å². The second-order valence-corrected chi connectivity index (χ2v) is 3.33. The van der Waals surface area contributed by atoms with Crippen molar-refractivity contribution in [3.63, 3.8) is 0 Å². The molecule has 1 heterocycles. The topological polar surface area (TPSA) is 41.6 Å². The molecule has 1 aliphatic rings. The van der Waals surface area contributed by atoms with Gasteiger partial charge in [-0.1, -0.05) is 35.9 Å². The van der Waals surface area contributed by atoms with E-state index in [1.54, 1.807) is 12.1 Å². The van der Waals surface area contributed by atoms with Crippen molar-refractivity contribution in [2.75, 3.05) is 7.05 Å². The minimum absolute atomic E-state index is 0.225. The average molecular weight is 192 g/mol. The van der Waals surface area contributed by atoms with E-state index in [2.05, 4.69) is 10.4 Å². The molecular formula is C10H12N2O2. The highest BCUT2D eigenvalue weighted by molar-refractivity contribution is 5.77. The lowest BCUT2D eigenvalue weighted by molar-refractivity contribution is -0.144. The third-order valence-electron chi connectivity index (χ3n) is 2.30. The first-order valence-corrected chi connectivity index (χ1v) is 4.50. The summed E-state index contributed by atoms with van der Waals surface area (Å²) >= 11 is 0. The molecule has 0 bridgehead atoms. The fourth-order valence-corrected chi connectivity index (χ4v) is 1.46. The predicted octanol–water partition coefficient (Wildman–Crippen LogP) is 0.506. The van der Waals surface area contributed by atoms with Crippen molar-refractivity contribution >= 4 is 5.97 Å². The van der Waals surface area contributed by atoms with Gasteiger partial charge in [0.1, 0.15) is 6.04 Å². The third kappa shape index (κ3) is 1.76. The number of nitrogens with one attached hydrogen (secondary N) is 1. The molecule has 1 N–H and O–H groups in total. The van der Waals surface area contributed by atoms with E-state index in [1.807, 2.05) is 30.3 Å². The van der Waals surface area contributed by atoms with Crippen molar-refractivity contribution in [3.05, 3.63) is 35.9 Å². The van der Waals surface area contributed by atoms with Gasteiger partial charge in [0.05, 0.1) is 0 Å². The third-order valence-corrected chi connectivity index (χ3v) is 2.30. The Balaban J connectivity index is 2.07. The maximum absolute atomic E-state index is 11.3. The van der Waals surface area contributed by atoms with E-state index < -0.39 is 0 Å². The molecule has 0 spiro atoms. The van der Waals surface area contributed by atoms with Gasteiger partial charge in [-0.2, -0.15) is 5.01 Å². The molecule has 1 aromatic carbocycles. The fourth-order valence-electron chi connectivity index (χ4n) is 1.46. The largest absolute Gasteiger partial charge is 0.354 e. The summed E-state index contributed by atoms with van der Waals surface area (Å²) in [6, 6.07) is 9.65. The van der Waals surface area contributed by atoms with Crippen molar-refractivity contribution in [3.8, 4) is 0 Å². The Hall–Kier alpha value is -1.39. The van der Waals surface area contributed by atoms with Gasteiger partial charge in [0.2, 0.25) is 0 Å². The quantitative estimate of drug-likeness (QED) is 0.741. The molecule has 74 valence electrons. The summed E-state index contributed by atoms with van der Waals surface area (Å²) in [6.07, 6.45) is 0.670. The van der Waals surface area contributed by atoms with E-state index in [0.717, 1.165) is 5.56 Å². The lowest BCUT2D eigenvalue weighted by Gasteiger charge is -2.12. The van der Waals surface area contributed by atoms with E-state index in [4.69, 9.17) is 0 Å². The Labute approximate surface area is 82.4 Å². The van der Waals surface area contributed by atoms with Crippen LogP contribution in [0.5, 0.6) is 0 Å². The second kappa shape index (κ2) is 3.77. The van der Waals surface area contributed by atoms with E-state index in [-0.39, 0.29) is 12.0 Å². The van der Waals surface area contributed by atoms with E-state index in [1.165, 1.54) is 0 Å². The zero-order chi connectivity index (χ0) is 9.97. The molecule has 1 saturated heterocycles. The Morgan fingerprint density at radius 3 is 2.71 bits per heavy atom. The van der Waals surface area contributed by atoms with Gasteiger partial charge in [-0.3, -0.25) is 0 Å². The Morgan fingerprint density at radius 1 is 1.43 bits per heavy atom. The van der Waals surface area contributed by atoms with Crippen LogP contribution in [0.25, 0.3) is 0 Å². The molecule has 4 nitrogen and oxygen atoms in total. The molecule has 14 heavy (non-hydrogen) atoms. The van der Waals surface area contributed by atoms with Crippen molar-refractivity contribution < 1.29 is 9.63 Å². The van der Waals surface area contributed by atoms with Crippen LogP contribution in [0, 0.1) is 0 Å². The molecule has 0 amide bonds. The van der Waals surface area contributed by atoms with E-state index in [9.17, 15) is 4.79 Å². The summed E-state index contributed by atoms with van der Waals surface area (Å²) in [5.74, 6) is -0.226. The summed E-state index contributed by atoms with van der Waals surface area (Å²) in [4.78, 5) is 15.9. The van der Waals surface area contributed by atoms with Crippen LogP contribution in [-0.2, 0) is 16.1 Å². The van der Waals surface area contributed by atoms with Gasteiger partial charge in [-0.25, -0.2) is 4.79 Å². The van der Waals surface area contributed by atoms with Crippen LogP contribution in [0.15, 0.2) is 30.3 Å². The monoisotopic (exact) mass is 192 g/mol. The number of carbonyl (C=O) groups excluding carboxylic acids is 1. The Bertz CT molecular complexity index is 326. The SMILES string of the molecule is CN1NOC(=O)C1Cc1ccccc1. The van der Waals surface area contributed by atoms with Crippen LogP contribution in [0.2, 0.25) is 0 Å². The van der Waals surface area contributed by atoms with Crippen molar-refractivity contribution in [2.24, 2.45) is 0 Å². The van der Waals surface area contributed by atoms with Crippen LogP contribution < -0.4 is 5.59 Å². The molecule has 1 atom stereocenters. The number of nitrogens with zero attached hydrogens (tertiary/aromatic N) is 1. The lowest BCUT2D eigenvalue weighted by atomic mass is 10.1. The van der Waals surface area contributed by atoms with Crippen molar-refractivity contribution in [1.29, 1.82) is 0 Å². The minimum atomic E-state index is -0.226. The Kier molecular flexibility index (Phi) is 2.47. The smallest absolute Gasteiger partial charge is 0.345 e. The van der Waals surface area contributed by atoms with Gasteiger partial charge in [-0.15, -0.1) is 0 Å². The van der Waals surface area contributed by atoms with Gasteiger partial charge in [0.15, 0.2) is 0 Å². The first-order valence-electron chi connectivity index (χ1n) is 4.50. The molecule has 1 fully saturated rings. The average Bonchev–Trinajstić information content (AvgIpc) is 2.51. The normalized spacial score (nSPS) is 22.4. The zero-order valence-electron chi connectivity index (χ0n) is 7.93. The van der Waals surface area contributed by atoms with Gasteiger partial charge < -0.3 is 4.84 Å². The highest BCUT2D eigenvalue weighted by atomic mass is 16.7. The summed E-state index contributed by atoms with van der Waals surface area (Å²) in [7, 11) is 1.79. The molecule has 1 aliphatic heterocycles. The molecule has 0 radical (unpaired) electrons. The lowest BCUT2D eigenvalue weighted by Crippen LogP contribution is -2.35. The first kappa shape index (κ1) is 9.18. The molecular weight excluding hydrogens is 180 g/mol. The fraction of sp³-hybridized carbons (Fsp3) is 0.300. The zero-order valence-corrected chi connectivity index (χ0v) is 7.93. The number of hydrogen-bond donors (Lipinski definition) is 1. The van der Waals surface area contributed by atoms with Gasteiger partial charge >= 0.3 is 5.97 Å². The van der Waals surface area contributed by atoms with Gasteiger partial charge in [0, 0.05) is 13.5 Å². The maximum Gasteiger partial charge on any atom is 0.345 e. The first-order chi connectivity index (χ1) is 6.77. The molecule has 4 heteroatoms.